The second kappa shape index (κ2) is 6.02. The van der Waals surface area contributed by atoms with E-state index in [1.165, 1.54) is 0 Å². The molecule has 5 nitrogen and oxygen atoms in total. The molecule has 1 aliphatic carbocycles. The van der Waals surface area contributed by atoms with E-state index in [0.717, 1.165) is 19.3 Å². The first-order valence-corrected chi connectivity index (χ1v) is 7.26. The van der Waals surface area contributed by atoms with Crippen LogP contribution in [0.5, 0.6) is 0 Å². The van der Waals surface area contributed by atoms with Gasteiger partial charge < -0.3 is 15.0 Å². The summed E-state index contributed by atoms with van der Waals surface area (Å²) in [4.78, 5) is 25.6. The van der Waals surface area contributed by atoms with Gasteiger partial charge in [-0.05, 0) is 47.5 Å². The Balaban J connectivity index is 2.47. The van der Waals surface area contributed by atoms with E-state index in [4.69, 9.17) is 4.74 Å². The minimum atomic E-state index is -0.520. The molecule has 0 aliphatic heterocycles. The molecule has 0 unspecified atom stereocenters. The Labute approximate surface area is 122 Å². The summed E-state index contributed by atoms with van der Waals surface area (Å²) in [7, 11) is 1.79. The van der Waals surface area contributed by atoms with Gasteiger partial charge in [0.25, 0.3) is 0 Å². The third kappa shape index (κ3) is 5.39. The molecule has 0 saturated heterocycles. The molecule has 1 rings (SSSR count). The number of nitrogens with one attached hydrogen (secondary N) is 1. The fraction of sp³-hybridized carbons (Fsp3) is 0.867. The number of hydrogen-bond donors (Lipinski definition) is 1. The number of carbonyl (C=O) groups excluding carboxylic acids is 2. The third-order valence-corrected chi connectivity index (χ3v) is 3.30. The van der Waals surface area contributed by atoms with Crippen molar-refractivity contribution in [3.8, 4) is 0 Å². The number of amides is 2. The lowest BCUT2D eigenvalue weighted by Gasteiger charge is -2.35. The van der Waals surface area contributed by atoms with E-state index < -0.39 is 17.2 Å². The van der Waals surface area contributed by atoms with E-state index in [1.807, 2.05) is 34.6 Å². The molecule has 1 fully saturated rings. The first-order valence-electron chi connectivity index (χ1n) is 7.26. The molecule has 0 heterocycles. The summed E-state index contributed by atoms with van der Waals surface area (Å²) in [5, 5.41) is 2.82. The van der Waals surface area contributed by atoms with Crippen LogP contribution in [0.2, 0.25) is 0 Å². The van der Waals surface area contributed by atoms with Crippen LogP contribution in [-0.4, -0.2) is 41.6 Å². The van der Waals surface area contributed by atoms with E-state index in [1.54, 1.807) is 11.9 Å². The quantitative estimate of drug-likeness (QED) is 0.863. The van der Waals surface area contributed by atoms with Gasteiger partial charge in [0.05, 0.1) is 5.54 Å². The standard InChI is InChI=1S/C15H28N2O3/c1-14(2,3)20-13(19)16-15(4,5)10-17(6)12(18)11-8-7-9-11/h11H,7-10H2,1-6H3,(H,16,19). The van der Waals surface area contributed by atoms with Gasteiger partial charge in [0.1, 0.15) is 5.60 Å². The highest BCUT2D eigenvalue weighted by molar-refractivity contribution is 5.79. The molecule has 0 atom stereocenters. The average Bonchev–Trinajstić information content (AvgIpc) is 2.08. The molecule has 0 bridgehead atoms. The van der Waals surface area contributed by atoms with Crippen molar-refractivity contribution >= 4 is 12.0 Å². The van der Waals surface area contributed by atoms with Crippen LogP contribution in [0.1, 0.15) is 53.9 Å². The molecule has 0 radical (unpaired) electrons. The fourth-order valence-electron chi connectivity index (χ4n) is 2.26. The van der Waals surface area contributed by atoms with Crippen molar-refractivity contribution in [3.63, 3.8) is 0 Å². The highest BCUT2D eigenvalue weighted by atomic mass is 16.6. The minimum Gasteiger partial charge on any atom is -0.444 e. The topological polar surface area (TPSA) is 58.6 Å². The van der Waals surface area contributed by atoms with Crippen LogP contribution in [0.25, 0.3) is 0 Å². The smallest absolute Gasteiger partial charge is 0.408 e. The number of rotatable bonds is 4. The molecule has 0 aromatic carbocycles. The maximum absolute atomic E-state index is 12.1. The van der Waals surface area contributed by atoms with Crippen molar-refractivity contribution < 1.29 is 14.3 Å². The largest absolute Gasteiger partial charge is 0.444 e. The van der Waals surface area contributed by atoms with Crippen LogP contribution in [0.15, 0.2) is 0 Å². The van der Waals surface area contributed by atoms with Gasteiger partial charge in [-0.2, -0.15) is 0 Å². The molecular formula is C15H28N2O3. The average molecular weight is 284 g/mol. The van der Waals surface area contributed by atoms with Crippen LogP contribution >= 0.6 is 0 Å². The maximum atomic E-state index is 12.1. The second-order valence-electron chi connectivity index (χ2n) is 7.33. The van der Waals surface area contributed by atoms with Gasteiger partial charge in [0.2, 0.25) is 5.91 Å². The molecule has 116 valence electrons. The third-order valence-electron chi connectivity index (χ3n) is 3.30. The fourth-order valence-corrected chi connectivity index (χ4v) is 2.26. The molecule has 0 spiro atoms. The zero-order valence-corrected chi connectivity index (χ0v) is 13.6. The Bertz CT molecular complexity index is 368. The molecule has 1 saturated carbocycles. The van der Waals surface area contributed by atoms with E-state index in [2.05, 4.69) is 5.32 Å². The zero-order valence-electron chi connectivity index (χ0n) is 13.6. The van der Waals surface area contributed by atoms with Gasteiger partial charge in [-0.15, -0.1) is 0 Å². The lowest BCUT2D eigenvalue weighted by molar-refractivity contribution is -0.137. The van der Waals surface area contributed by atoms with Crippen LogP contribution in [-0.2, 0) is 9.53 Å². The minimum absolute atomic E-state index is 0.176. The molecule has 1 aliphatic rings. The second-order valence-corrected chi connectivity index (χ2v) is 7.33. The number of likely N-dealkylation sites (N-methyl/N-ethyl adjacent to an activating group) is 1. The van der Waals surface area contributed by atoms with Gasteiger partial charge in [-0.1, -0.05) is 6.42 Å². The Morgan fingerprint density at radius 1 is 1.20 bits per heavy atom. The Kier molecular flexibility index (Phi) is 5.05. The lowest BCUT2D eigenvalue weighted by Crippen LogP contribution is -2.53. The molecule has 0 aromatic rings. The summed E-state index contributed by atoms with van der Waals surface area (Å²) in [5.74, 6) is 0.354. The summed E-state index contributed by atoms with van der Waals surface area (Å²) in [6.07, 6.45) is 2.67. The van der Waals surface area contributed by atoms with E-state index in [9.17, 15) is 9.59 Å². The Morgan fingerprint density at radius 3 is 2.15 bits per heavy atom. The predicted molar refractivity (Wildman–Crippen MR) is 78.4 cm³/mol. The Morgan fingerprint density at radius 2 is 1.75 bits per heavy atom. The van der Waals surface area contributed by atoms with Crippen LogP contribution in [0.3, 0.4) is 0 Å². The normalized spacial score (nSPS) is 16.3. The van der Waals surface area contributed by atoms with Gasteiger partial charge >= 0.3 is 6.09 Å². The van der Waals surface area contributed by atoms with Crippen LogP contribution in [0.4, 0.5) is 4.79 Å². The van der Waals surface area contributed by atoms with Crippen molar-refractivity contribution in [1.82, 2.24) is 10.2 Å². The van der Waals surface area contributed by atoms with Gasteiger partial charge in [0, 0.05) is 19.5 Å². The monoisotopic (exact) mass is 284 g/mol. The highest BCUT2D eigenvalue weighted by Crippen LogP contribution is 2.28. The molecule has 1 N–H and O–H groups in total. The van der Waals surface area contributed by atoms with Crippen LogP contribution < -0.4 is 5.32 Å². The summed E-state index contributed by atoms with van der Waals surface area (Å²) in [5.41, 5.74) is -1.04. The summed E-state index contributed by atoms with van der Waals surface area (Å²) < 4.78 is 5.24. The molecule has 0 aromatic heterocycles. The van der Waals surface area contributed by atoms with Crippen LogP contribution in [0, 0.1) is 5.92 Å². The van der Waals surface area contributed by atoms with E-state index in [0.29, 0.717) is 6.54 Å². The SMILES string of the molecule is CN(CC(C)(C)NC(=O)OC(C)(C)C)C(=O)C1CCC1. The number of carbonyl (C=O) groups is 2. The number of ether oxygens (including phenoxy) is 1. The summed E-state index contributed by atoms with van der Waals surface area (Å²) >= 11 is 0. The van der Waals surface area contributed by atoms with E-state index in [-0.39, 0.29) is 11.8 Å². The molecule has 5 heteroatoms. The number of nitrogens with zero attached hydrogens (tertiary/aromatic N) is 1. The van der Waals surface area contributed by atoms with E-state index >= 15 is 0 Å². The summed E-state index contributed by atoms with van der Waals surface area (Å²) in [6.45, 7) is 9.73. The van der Waals surface area contributed by atoms with Crippen molar-refractivity contribution in [1.29, 1.82) is 0 Å². The zero-order chi connectivity index (χ0) is 15.6. The number of hydrogen-bond acceptors (Lipinski definition) is 3. The molecule has 2 amide bonds. The highest BCUT2D eigenvalue weighted by Gasteiger charge is 2.32. The summed E-state index contributed by atoms with van der Waals surface area (Å²) in [6, 6.07) is 0. The predicted octanol–water partition coefficient (Wildman–Crippen LogP) is 2.55. The molecular weight excluding hydrogens is 256 g/mol. The van der Waals surface area contributed by atoms with Crippen molar-refractivity contribution in [2.75, 3.05) is 13.6 Å². The first kappa shape index (κ1) is 16.8. The Hall–Kier alpha value is -1.26. The lowest BCUT2D eigenvalue weighted by atomic mass is 9.84. The van der Waals surface area contributed by atoms with Gasteiger partial charge in [0.15, 0.2) is 0 Å². The number of alkyl carbamates (subject to hydrolysis) is 1. The first-order chi connectivity index (χ1) is 9.00. The molecule has 20 heavy (non-hydrogen) atoms. The van der Waals surface area contributed by atoms with Crippen molar-refractivity contribution in [2.24, 2.45) is 5.92 Å². The van der Waals surface area contributed by atoms with Crippen molar-refractivity contribution in [2.45, 2.75) is 65.0 Å². The maximum Gasteiger partial charge on any atom is 0.408 e. The van der Waals surface area contributed by atoms with Gasteiger partial charge in [-0.3, -0.25) is 4.79 Å². The van der Waals surface area contributed by atoms with Crippen molar-refractivity contribution in [3.05, 3.63) is 0 Å². The van der Waals surface area contributed by atoms with Gasteiger partial charge in [-0.25, -0.2) is 4.79 Å².